The van der Waals surface area contributed by atoms with Crippen LogP contribution in [0.15, 0.2) is 48.5 Å². The largest absolute Gasteiger partial charge is 0.494 e. The number of amides is 1. The van der Waals surface area contributed by atoms with Crippen molar-refractivity contribution in [3.8, 4) is 5.75 Å². The van der Waals surface area contributed by atoms with E-state index in [1.54, 1.807) is 0 Å². The number of ether oxygens (including phenoxy) is 1. The molecule has 0 spiro atoms. The van der Waals surface area contributed by atoms with Crippen molar-refractivity contribution in [3.63, 3.8) is 0 Å². The highest BCUT2D eigenvalue weighted by Crippen LogP contribution is 2.12. The lowest BCUT2D eigenvalue weighted by atomic mass is 10.2. The predicted octanol–water partition coefficient (Wildman–Crippen LogP) is 3.62. The Morgan fingerprint density at radius 2 is 1.95 bits per heavy atom. The summed E-state index contributed by atoms with van der Waals surface area (Å²) in [7, 11) is 0. The number of benzene rings is 2. The molecule has 2 aromatic rings. The molecule has 0 bridgehead atoms. The molecule has 104 valence electrons. The number of hydrogen-bond donors (Lipinski definition) is 1. The summed E-state index contributed by atoms with van der Waals surface area (Å²) >= 11 is 2.20. The van der Waals surface area contributed by atoms with E-state index in [0.717, 1.165) is 14.9 Å². The molecule has 0 aliphatic rings. The van der Waals surface area contributed by atoms with Gasteiger partial charge in [-0.2, -0.15) is 0 Å². The number of hydrogen-bond acceptors (Lipinski definition) is 2. The maximum atomic E-state index is 12.0. The van der Waals surface area contributed by atoms with E-state index in [9.17, 15) is 4.79 Å². The molecular weight excluding hydrogens is 365 g/mol. The molecule has 0 fully saturated rings. The van der Waals surface area contributed by atoms with Crippen LogP contribution in [0.2, 0.25) is 0 Å². The minimum atomic E-state index is -0.0580. The lowest BCUT2D eigenvalue weighted by Crippen LogP contribution is -2.22. The van der Waals surface area contributed by atoms with Crippen LogP contribution in [0.4, 0.5) is 0 Å². The van der Waals surface area contributed by atoms with E-state index in [1.807, 2.05) is 55.5 Å². The average molecular weight is 381 g/mol. The van der Waals surface area contributed by atoms with Crippen LogP contribution in [0.25, 0.3) is 0 Å². The van der Waals surface area contributed by atoms with Crippen LogP contribution in [0.5, 0.6) is 5.75 Å². The van der Waals surface area contributed by atoms with Gasteiger partial charge in [0.1, 0.15) is 5.75 Å². The molecule has 0 aliphatic carbocycles. The Balaban J connectivity index is 1.93. The second-order valence-electron chi connectivity index (χ2n) is 4.27. The number of carbonyl (C=O) groups is 1. The summed E-state index contributed by atoms with van der Waals surface area (Å²) in [4.78, 5) is 12.0. The van der Waals surface area contributed by atoms with Gasteiger partial charge in [0.15, 0.2) is 0 Å². The minimum absolute atomic E-state index is 0.0580. The lowest BCUT2D eigenvalue weighted by molar-refractivity contribution is 0.0951. The normalized spacial score (nSPS) is 10.1. The molecule has 2 rings (SSSR count). The Bertz CT molecular complexity index is 581. The van der Waals surface area contributed by atoms with E-state index in [2.05, 4.69) is 27.9 Å². The van der Waals surface area contributed by atoms with Crippen LogP contribution >= 0.6 is 22.6 Å². The van der Waals surface area contributed by atoms with Gasteiger partial charge in [0, 0.05) is 15.7 Å². The monoisotopic (exact) mass is 381 g/mol. The summed E-state index contributed by atoms with van der Waals surface area (Å²) in [5.41, 5.74) is 1.73. The molecule has 0 atom stereocenters. The predicted molar refractivity (Wildman–Crippen MR) is 87.9 cm³/mol. The first-order valence-corrected chi connectivity index (χ1v) is 7.52. The van der Waals surface area contributed by atoms with Crippen molar-refractivity contribution in [3.05, 3.63) is 63.2 Å². The Labute approximate surface area is 132 Å². The third-order valence-corrected chi connectivity index (χ3v) is 3.45. The quantitative estimate of drug-likeness (QED) is 0.804. The van der Waals surface area contributed by atoms with Crippen LogP contribution in [-0.2, 0) is 6.54 Å². The Morgan fingerprint density at radius 3 is 2.60 bits per heavy atom. The Hall–Kier alpha value is -1.56. The summed E-state index contributed by atoms with van der Waals surface area (Å²) in [5, 5.41) is 2.91. The fraction of sp³-hybridized carbons (Fsp3) is 0.188. The molecule has 1 N–H and O–H groups in total. The van der Waals surface area contributed by atoms with E-state index in [1.165, 1.54) is 0 Å². The van der Waals surface area contributed by atoms with Gasteiger partial charge in [0.25, 0.3) is 5.91 Å². The summed E-state index contributed by atoms with van der Waals surface area (Å²) in [6, 6.07) is 15.3. The fourth-order valence-corrected chi connectivity index (χ4v) is 2.33. The molecule has 0 radical (unpaired) electrons. The molecule has 3 nitrogen and oxygen atoms in total. The van der Waals surface area contributed by atoms with Gasteiger partial charge in [0.05, 0.1) is 6.61 Å². The van der Waals surface area contributed by atoms with Gasteiger partial charge < -0.3 is 10.1 Å². The minimum Gasteiger partial charge on any atom is -0.494 e. The third-order valence-electron chi connectivity index (χ3n) is 2.77. The zero-order chi connectivity index (χ0) is 14.4. The first kappa shape index (κ1) is 14.8. The highest BCUT2D eigenvalue weighted by atomic mass is 127. The maximum Gasteiger partial charge on any atom is 0.251 e. The first-order valence-electron chi connectivity index (χ1n) is 6.44. The lowest BCUT2D eigenvalue weighted by Gasteiger charge is -2.07. The molecular formula is C16H16INO2. The second-order valence-corrected chi connectivity index (χ2v) is 5.52. The van der Waals surface area contributed by atoms with Gasteiger partial charge in [-0.3, -0.25) is 4.79 Å². The molecule has 4 heteroatoms. The SMILES string of the molecule is CCOc1ccc(CNC(=O)c2cccc(I)c2)cc1. The van der Waals surface area contributed by atoms with E-state index in [0.29, 0.717) is 18.7 Å². The summed E-state index contributed by atoms with van der Waals surface area (Å²) in [6.07, 6.45) is 0. The highest BCUT2D eigenvalue weighted by Gasteiger charge is 2.05. The smallest absolute Gasteiger partial charge is 0.251 e. The molecule has 2 aromatic carbocycles. The van der Waals surface area contributed by atoms with E-state index >= 15 is 0 Å². The molecule has 20 heavy (non-hydrogen) atoms. The zero-order valence-electron chi connectivity index (χ0n) is 11.2. The van der Waals surface area contributed by atoms with Crippen LogP contribution in [0, 0.1) is 3.57 Å². The summed E-state index contributed by atoms with van der Waals surface area (Å²) in [6.45, 7) is 3.12. The van der Waals surface area contributed by atoms with Crippen molar-refractivity contribution >= 4 is 28.5 Å². The van der Waals surface area contributed by atoms with E-state index in [-0.39, 0.29) is 5.91 Å². The van der Waals surface area contributed by atoms with Gasteiger partial charge in [-0.1, -0.05) is 18.2 Å². The standard InChI is InChI=1S/C16H16INO2/c1-2-20-15-8-6-12(7-9-15)11-18-16(19)13-4-3-5-14(17)10-13/h3-10H,2,11H2,1H3,(H,18,19). The molecule has 0 aliphatic heterocycles. The van der Waals surface area contributed by atoms with Crippen LogP contribution in [-0.4, -0.2) is 12.5 Å². The number of rotatable bonds is 5. The fourth-order valence-electron chi connectivity index (χ4n) is 1.78. The van der Waals surface area contributed by atoms with Gasteiger partial charge in [0.2, 0.25) is 0 Å². The van der Waals surface area contributed by atoms with Crippen molar-refractivity contribution in [2.24, 2.45) is 0 Å². The van der Waals surface area contributed by atoms with Crippen molar-refractivity contribution < 1.29 is 9.53 Å². The number of halogens is 1. The second kappa shape index (κ2) is 7.28. The number of nitrogens with one attached hydrogen (secondary N) is 1. The Morgan fingerprint density at radius 1 is 1.20 bits per heavy atom. The molecule has 0 saturated heterocycles. The molecule has 0 heterocycles. The van der Waals surface area contributed by atoms with E-state index < -0.39 is 0 Å². The number of carbonyl (C=O) groups excluding carboxylic acids is 1. The van der Waals surface area contributed by atoms with Crippen LogP contribution in [0.1, 0.15) is 22.8 Å². The third kappa shape index (κ3) is 4.23. The van der Waals surface area contributed by atoms with Crippen molar-refractivity contribution in [1.29, 1.82) is 0 Å². The van der Waals surface area contributed by atoms with Crippen molar-refractivity contribution in [2.45, 2.75) is 13.5 Å². The van der Waals surface area contributed by atoms with Gasteiger partial charge in [-0.15, -0.1) is 0 Å². The maximum absolute atomic E-state index is 12.0. The van der Waals surface area contributed by atoms with Crippen LogP contribution in [0.3, 0.4) is 0 Å². The molecule has 0 aromatic heterocycles. The topological polar surface area (TPSA) is 38.3 Å². The highest BCUT2D eigenvalue weighted by molar-refractivity contribution is 14.1. The molecule has 0 saturated carbocycles. The van der Waals surface area contributed by atoms with Gasteiger partial charge >= 0.3 is 0 Å². The van der Waals surface area contributed by atoms with Crippen molar-refractivity contribution in [1.82, 2.24) is 5.32 Å². The molecule has 0 unspecified atom stereocenters. The average Bonchev–Trinajstić information content (AvgIpc) is 2.46. The molecule has 1 amide bonds. The Kier molecular flexibility index (Phi) is 5.40. The first-order chi connectivity index (χ1) is 9.69. The summed E-state index contributed by atoms with van der Waals surface area (Å²) < 4.78 is 6.43. The zero-order valence-corrected chi connectivity index (χ0v) is 13.4. The summed E-state index contributed by atoms with van der Waals surface area (Å²) in [5.74, 6) is 0.789. The van der Waals surface area contributed by atoms with Crippen molar-refractivity contribution in [2.75, 3.05) is 6.61 Å². The van der Waals surface area contributed by atoms with E-state index in [4.69, 9.17) is 4.74 Å². The van der Waals surface area contributed by atoms with Gasteiger partial charge in [-0.25, -0.2) is 0 Å². The van der Waals surface area contributed by atoms with Gasteiger partial charge in [-0.05, 0) is 65.4 Å². The van der Waals surface area contributed by atoms with Crippen LogP contribution < -0.4 is 10.1 Å².